The van der Waals surface area contributed by atoms with Gasteiger partial charge in [-0.15, -0.1) is 0 Å². The van der Waals surface area contributed by atoms with Crippen LogP contribution in [-0.2, 0) is 11.2 Å². The zero-order valence-corrected chi connectivity index (χ0v) is 17.6. The largest absolute Gasteiger partial charge is 0.443 e. The van der Waals surface area contributed by atoms with E-state index in [0.717, 1.165) is 67.7 Å². The number of carbonyl (C=O) groups is 1. The third-order valence-electron chi connectivity index (χ3n) is 6.80. The molecule has 0 spiro atoms. The minimum absolute atomic E-state index is 0.0554. The van der Waals surface area contributed by atoms with Gasteiger partial charge in [0.2, 0.25) is 11.6 Å². The Labute approximate surface area is 176 Å². The lowest BCUT2D eigenvalue weighted by molar-refractivity contribution is -0.126. The molecule has 6 heteroatoms. The molecule has 156 valence electrons. The molecule has 3 aromatic rings. The lowest BCUT2D eigenvalue weighted by atomic mass is 9.87. The van der Waals surface area contributed by atoms with Gasteiger partial charge in [0.1, 0.15) is 17.9 Å². The first kappa shape index (κ1) is 19.1. The Morgan fingerprint density at radius 1 is 1.13 bits per heavy atom. The van der Waals surface area contributed by atoms with Crippen molar-refractivity contribution in [3.05, 3.63) is 53.0 Å². The Morgan fingerprint density at radius 2 is 1.93 bits per heavy atom. The molecular weight excluding hydrogens is 376 g/mol. The summed E-state index contributed by atoms with van der Waals surface area (Å²) in [5, 5.41) is 4.34. The van der Waals surface area contributed by atoms with Gasteiger partial charge in [0.05, 0.1) is 11.4 Å². The molecule has 1 amide bonds. The second-order valence-corrected chi connectivity index (χ2v) is 8.57. The van der Waals surface area contributed by atoms with Gasteiger partial charge in [-0.3, -0.25) is 4.79 Å². The van der Waals surface area contributed by atoms with Gasteiger partial charge in [-0.1, -0.05) is 24.3 Å². The van der Waals surface area contributed by atoms with E-state index in [1.807, 2.05) is 6.92 Å². The van der Waals surface area contributed by atoms with Crippen molar-refractivity contribution >= 4 is 22.8 Å². The third-order valence-corrected chi connectivity index (χ3v) is 6.80. The summed E-state index contributed by atoms with van der Waals surface area (Å²) in [7, 11) is 0. The van der Waals surface area contributed by atoms with Gasteiger partial charge in [-0.05, 0) is 57.1 Å². The average molecular weight is 405 g/mol. The molecule has 1 aliphatic heterocycles. The summed E-state index contributed by atoms with van der Waals surface area (Å²) in [5.41, 5.74) is 4.41. The fraction of sp³-hybridized carbons (Fsp3) is 0.458. The summed E-state index contributed by atoms with van der Waals surface area (Å²) in [4.78, 5) is 24.1. The van der Waals surface area contributed by atoms with E-state index in [2.05, 4.69) is 51.4 Å². The quantitative estimate of drug-likeness (QED) is 0.707. The summed E-state index contributed by atoms with van der Waals surface area (Å²) in [6.07, 6.45) is 6.51. The summed E-state index contributed by atoms with van der Waals surface area (Å²) >= 11 is 0. The number of aromatic nitrogens is 2. The number of benzene rings is 1. The van der Waals surface area contributed by atoms with Gasteiger partial charge < -0.3 is 14.6 Å². The highest BCUT2D eigenvalue weighted by molar-refractivity contribution is 5.90. The molecule has 3 heterocycles. The van der Waals surface area contributed by atoms with E-state index in [4.69, 9.17) is 4.42 Å². The molecule has 0 bridgehead atoms. The summed E-state index contributed by atoms with van der Waals surface area (Å²) in [6.45, 7) is 5.64. The van der Waals surface area contributed by atoms with Crippen molar-refractivity contribution in [3.8, 4) is 0 Å². The summed E-state index contributed by atoms with van der Waals surface area (Å²) in [6, 6.07) is 8.67. The molecule has 0 radical (unpaired) electrons. The molecule has 30 heavy (non-hydrogen) atoms. The Hall–Kier alpha value is -2.89. The number of nitrogens with zero attached hydrogens (tertiary/aromatic N) is 3. The monoisotopic (exact) mass is 404 g/mol. The van der Waals surface area contributed by atoms with Crippen molar-refractivity contribution in [2.75, 3.05) is 18.0 Å². The van der Waals surface area contributed by atoms with Crippen molar-refractivity contribution in [2.45, 2.75) is 52.0 Å². The molecular formula is C24H28N4O2. The number of aryl methyl sites for hydroxylation is 3. The van der Waals surface area contributed by atoms with Gasteiger partial charge >= 0.3 is 0 Å². The van der Waals surface area contributed by atoms with E-state index in [1.54, 1.807) is 6.33 Å². The third kappa shape index (κ3) is 3.34. The maximum absolute atomic E-state index is 13.0. The smallest absolute Gasteiger partial charge is 0.231 e. The first-order chi connectivity index (χ1) is 14.6. The number of carbonyl (C=O) groups excluding carboxylic acids is 1. The number of piperidine rings is 1. The van der Waals surface area contributed by atoms with Gasteiger partial charge in [0, 0.05) is 24.6 Å². The van der Waals surface area contributed by atoms with E-state index in [0.29, 0.717) is 5.71 Å². The average Bonchev–Trinajstić information content (AvgIpc) is 3.08. The van der Waals surface area contributed by atoms with Crippen molar-refractivity contribution < 1.29 is 9.21 Å². The minimum Gasteiger partial charge on any atom is -0.443 e. The number of anilines is 1. The van der Waals surface area contributed by atoms with Gasteiger partial charge in [0.25, 0.3) is 0 Å². The second kappa shape index (κ2) is 7.74. The van der Waals surface area contributed by atoms with Gasteiger partial charge in [0.15, 0.2) is 0 Å². The lowest BCUT2D eigenvalue weighted by Crippen LogP contribution is -2.42. The normalized spacial score (nSPS) is 19.7. The number of hydrogen-bond donors (Lipinski definition) is 1. The van der Waals surface area contributed by atoms with Crippen LogP contribution in [0.15, 0.2) is 35.0 Å². The second-order valence-electron chi connectivity index (χ2n) is 8.57. The van der Waals surface area contributed by atoms with Crippen molar-refractivity contribution in [3.63, 3.8) is 0 Å². The number of furan rings is 1. The Bertz CT molecular complexity index is 1080. The first-order valence-corrected chi connectivity index (χ1v) is 11.0. The molecule has 1 atom stereocenters. The molecule has 1 fully saturated rings. The Morgan fingerprint density at radius 3 is 2.77 bits per heavy atom. The molecule has 0 saturated carbocycles. The molecule has 1 saturated heterocycles. The molecule has 1 N–H and O–H groups in total. The van der Waals surface area contributed by atoms with Gasteiger partial charge in [-0.2, -0.15) is 0 Å². The summed E-state index contributed by atoms with van der Waals surface area (Å²) < 4.78 is 5.76. The van der Waals surface area contributed by atoms with Crippen LogP contribution in [0, 0.1) is 19.8 Å². The fourth-order valence-electron chi connectivity index (χ4n) is 4.95. The van der Waals surface area contributed by atoms with Crippen LogP contribution in [0.2, 0.25) is 0 Å². The van der Waals surface area contributed by atoms with Crippen LogP contribution in [0.4, 0.5) is 5.82 Å². The molecule has 2 aliphatic rings. The predicted molar refractivity (Wildman–Crippen MR) is 116 cm³/mol. The number of rotatable bonds is 3. The fourth-order valence-corrected chi connectivity index (χ4v) is 4.95. The van der Waals surface area contributed by atoms with Crippen LogP contribution < -0.4 is 10.2 Å². The van der Waals surface area contributed by atoms with E-state index in [1.165, 1.54) is 11.1 Å². The van der Waals surface area contributed by atoms with Crippen LogP contribution in [0.1, 0.15) is 54.2 Å². The first-order valence-electron chi connectivity index (χ1n) is 11.0. The number of nitrogens with one attached hydrogen (secondary N) is 1. The number of hydrogen-bond acceptors (Lipinski definition) is 5. The Balaban J connectivity index is 1.26. The molecule has 0 unspecified atom stereocenters. The molecule has 1 aromatic carbocycles. The maximum atomic E-state index is 13.0. The van der Waals surface area contributed by atoms with E-state index in [-0.39, 0.29) is 17.9 Å². The van der Waals surface area contributed by atoms with Gasteiger partial charge in [-0.25, -0.2) is 9.97 Å². The van der Waals surface area contributed by atoms with Crippen molar-refractivity contribution in [1.82, 2.24) is 15.3 Å². The molecule has 6 nitrogen and oxygen atoms in total. The standard InChI is InChI=1S/C24H28N4O2/c1-15-16(2)30-24-21(15)22(25-14-26-24)28-12-10-18(11-13-28)23(29)27-20-9-5-7-17-6-3-4-8-19(17)20/h3-4,6,8,14,18,20H,5,7,9-13H2,1-2H3,(H,27,29)/t20-/m1/s1. The zero-order valence-electron chi connectivity index (χ0n) is 17.6. The summed E-state index contributed by atoms with van der Waals surface area (Å²) in [5.74, 6) is 2.06. The Kier molecular flexibility index (Phi) is 4.93. The van der Waals surface area contributed by atoms with E-state index < -0.39 is 0 Å². The number of amides is 1. The predicted octanol–water partition coefficient (Wildman–Crippen LogP) is 4.25. The molecule has 5 rings (SSSR count). The zero-order chi connectivity index (χ0) is 20.7. The molecule has 2 aromatic heterocycles. The SMILES string of the molecule is Cc1oc2ncnc(N3CCC(C(=O)N[C@@H]4CCCc5ccccc54)CC3)c2c1C. The maximum Gasteiger partial charge on any atom is 0.231 e. The van der Waals surface area contributed by atoms with Crippen LogP contribution in [0.5, 0.6) is 0 Å². The molecule has 1 aliphatic carbocycles. The van der Waals surface area contributed by atoms with Crippen molar-refractivity contribution in [2.24, 2.45) is 5.92 Å². The van der Waals surface area contributed by atoms with E-state index in [9.17, 15) is 4.79 Å². The highest BCUT2D eigenvalue weighted by Gasteiger charge is 2.30. The van der Waals surface area contributed by atoms with Crippen LogP contribution in [0.3, 0.4) is 0 Å². The topological polar surface area (TPSA) is 71.3 Å². The minimum atomic E-state index is 0.0554. The van der Waals surface area contributed by atoms with Crippen LogP contribution in [-0.4, -0.2) is 29.0 Å². The van der Waals surface area contributed by atoms with Crippen LogP contribution >= 0.6 is 0 Å². The highest BCUT2D eigenvalue weighted by atomic mass is 16.3. The van der Waals surface area contributed by atoms with E-state index >= 15 is 0 Å². The van der Waals surface area contributed by atoms with Crippen LogP contribution in [0.25, 0.3) is 11.1 Å². The highest BCUT2D eigenvalue weighted by Crippen LogP contribution is 2.33. The number of fused-ring (bicyclic) bond motifs is 2. The van der Waals surface area contributed by atoms with Crippen molar-refractivity contribution in [1.29, 1.82) is 0 Å². The lowest BCUT2D eigenvalue weighted by Gasteiger charge is -2.34.